The third-order valence-corrected chi connectivity index (χ3v) is 5.80. The Bertz CT molecular complexity index is 1190. The summed E-state index contributed by atoms with van der Waals surface area (Å²) in [7, 11) is 0. The van der Waals surface area contributed by atoms with E-state index < -0.39 is 24.5 Å². The van der Waals surface area contributed by atoms with Crippen LogP contribution in [-0.4, -0.2) is 39.2 Å². The Balaban J connectivity index is 1.46. The van der Waals surface area contributed by atoms with Crippen molar-refractivity contribution in [1.29, 1.82) is 0 Å². The van der Waals surface area contributed by atoms with Crippen LogP contribution in [-0.2, 0) is 13.0 Å². The SMILES string of the molecule is Cc1cc(F)ccc1Nc1ncc2c(n1)CN(C(=O)N[C@H](CO)c1ccc(Cl)c(F)c1)CC2. The molecule has 1 aliphatic heterocycles. The number of aliphatic hydroxyl groups excluding tert-OH is 1. The molecular weight excluding hydrogens is 452 g/mol. The van der Waals surface area contributed by atoms with E-state index in [9.17, 15) is 18.7 Å². The number of aromatic nitrogens is 2. The quantitative estimate of drug-likeness (QED) is 0.515. The minimum atomic E-state index is -0.783. The minimum Gasteiger partial charge on any atom is -0.394 e. The molecule has 0 radical (unpaired) electrons. The van der Waals surface area contributed by atoms with E-state index in [4.69, 9.17) is 11.6 Å². The van der Waals surface area contributed by atoms with Crippen LogP contribution in [0.5, 0.6) is 0 Å². The van der Waals surface area contributed by atoms with Crippen molar-refractivity contribution >= 4 is 29.3 Å². The summed E-state index contributed by atoms with van der Waals surface area (Å²) >= 11 is 5.72. The van der Waals surface area contributed by atoms with Crippen molar-refractivity contribution < 1.29 is 18.7 Å². The first-order valence-corrected chi connectivity index (χ1v) is 10.7. The summed E-state index contributed by atoms with van der Waals surface area (Å²) in [4.78, 5) is 23.3. The van der Waals surface area contributed by atoms with Crippen molar-refractivity contribution in [3.8, 4) is 0 Å². The summed E-state index contributed by atoms with van der Waals surface area (Å²) in [6.45, 7) is 2.07. The second-order valence-corrected chi connectivity index (χ2v) is 8.19. The lowest BCUT2D eigenvalue weighted by Crippen LogP contribution is -2.45. The molecule has 0 aliphatic carbocycles. The standard InChI is InChI=1S/C23H22ClF2N5O2/c1-13-8-16(25)3-5-19(13)28-22-27-10-15-6-7-31(11-20(15)29-22)23(33)30-21(12-32)14-2-4-17(24)18(26)9-14/h2-5,8-10,21,32H,6-7,11-12H2,1H3,(H,30,33)(H,27,28,29)/t21-/m1/s1. The molecule has 4 rings (SSSR count). The van der Waals surface area contributed by atoms with Gasteiger partial charge in [-0.25, -0.2) is 23.5 Å². The summed E-state index contributed by atoms with van der Waals surface area (Å²) in [5, 5.41) is 15.5. The van der Waals surface area contributed by atoms with E-state index in [1.807, 2.05) is 0 Å². The van der Waals surface area contributed by atoms with Gasteiger partial charge in [0.2, 0.25) is 5.95 Å². The number of hydrogen-bond acceptors (Lipinski definition) is 5. The Morgan fingerprint density at radius 1 is 1.27 bits per heavy atom. The molecule has 0 unspecified atom stereocenters. The molecule has 7 nitrogen and oxygen atoms in total. The Morgan fingerprint density at radius 2 is 2.09 bits per heavy atom. The molecular formula is C23H22ClF2N5O2. The molecule has 1 atom stereocenters. The molecule has 3 aromatic rings. The van der Waals surface area contributed by atoms with Crippen LogP contribution in [0.1, 0.15) is 28.4 Å². The van der Waals surface area contributed by atoms with E-state index >= 15 is 0 Å². The molecule has 3 N–H and O–H groups in total. The summed E-state index contributed by atoms with van der Waals surface area (Å²) in [5.74, 6) is -0.605. The Kier molecular flexibility index (Phi) is 6.71. The molecule has 2 amide bonds. The van der Waals surface area contributed by atoms with Crippen molar-refractivity contribution in [2.45, 2.75) is 25.9 Å². The van der Waals surface area contributed by atoms with E-state index in [-0.39, 0.29) is 17.4 Å². The van der Waals surface area contributed by atoms with Gasteiger partial charge in [-0.2, -0.15) is 0 Å². The van der Waals surface area contributed by atoms with Crippen LogP contribution < -0.4 is 10.6 Å². The Hall–Kier alpha value is -3.30. The van der Waals surface area contributed by atoms with E-state index in [0.29, 0.717) is 41.4 Å². The number of benzene rings is 2. The van der Waals surface area contributed by atoms with Gasteiger partial charge >= 0.3 is 6.03 Å². The van der Waals surface area contributed by atoms with Crippen molar-refractivity contribution in [2.75, 3.05) is 18.5 Å². The average Bonchev–Trinajstić information content (AvgIpc) is 2.80. The predicted molar refractivity (Wildman–Crippen MR) is 120 cm³/mol. The highest BCUT2D eigenvalue weighted by Gasteiger charge is 2.25. The summed E-state index contributed by atoms with van der Waals surface area (Å²) < 4.78 is 27.1. The van der Waals surface area contributed by atoms with Gasteiger partial charge in [-0.1, -0.05) is 17.7 Å². The molecule has 1 aromatic heterocycles. The van der Waals surface area contributed by atoms with Crippen LogP contribution in [0.2, 0.25) is 5.02 Å². The summed E-state index contributed by atoms with van der Waals surface area (Å²) in [5.41, 5.74) is 3.42. The Labute approximate surface area is 194 Å². The largest absolute Gasteiger partial charge is 0.394 e. The number of carbonyl (C=O) groups excluding carboxylic acids is 1. The molecule has 2 aromatic carbocycles. The van der Waals surface area contributed by atoms with Crippen molar-refractivity contribution in [3.63, 3.8) is 0 Å². The lowest BCUT2D eigenvalue weighted by atomic mass is 10.1. The van der Waals surface area contributed by atoms with Crippen molar-refractivity contribution in [3.05, 3.63) is 81.6 Å². The fourth-order valence-electron chi connectivity index (χ4n) is 3.63. The highest BCUT2D eigenvalue weighted by molar-refractivity contribution is 6.30. The summed E-state index contributed by atoms with van der Waals surface area (Å²) in [6, 6.07) is 7.32. The summed E-state index contributed by atoms with van der Waals surface area (Å²) in [6.07, 6.45) is 2.28. The number of carbonyl (C=O) groups is 1. The number of nitrogens with zero attached hydrogens (tertiary/aromatic N) is 3. The molecule has 172 valence electrons. The molecule has 0 saturated heterocycles. The van der Waals surface area contributed by atoms with E-state index in [0.717, 1.165) is 5.56 Å². The number of aryl methyl sites for hydroxylation is 1. The van der Waals surface area contributed by atoms with Gasteiger partial charge in [0.25, 0.3) is 0 Å². The minimum absolute atomic E-state index is 0.0330. The van der Waals surface area contributed by atoms with Crippen molar-refractivity contribution in [2.24, 2.45) is 0 Å². The topological polar surface area (TPSA) is 90.4 Å². The first kappa shape index (κ1) is 22.9. The van der Waals surface area contributed by atoms with Gasteiger partial charge in [0.1, 0.15) is 11.6 Å². The second-order valence-electron chi connectivity index (χ2n) is 7.78. The van der Waals surface area contributed by atoms with E-state index in [2.05, 4.69) is 20.6 Å². The number of nitrogens with one attached hydrogen (secondary N) is 2. The third-order valence-electron chi connectivity index (χ3n) is 5.49. The van der Waals surface area contributed by atoms with Gasteiger partial charge in [-0.3, -0.25) is 0 Å². The lowest BCUT2D eigenvalue weighted by Gasteiger charge is -2.30. The first-order valence-electron chi connectivity index (χ1n) is 10.3. The number of halogens is 3. The number of urea groups is 1. The smallest absolute Gasteiger partial charge is 0.318 e. The number of aliphatic hydroxyl groups is 1. The average molecular weight is 474 g/mol. The molecule has 0 spiro atoms. The monoisotopic (exact) mass is 473 g/mol. The van der Waals surface area contributed by atoms with Crippen molar-refractivity contribution in [1.82, 2.24) is 20.2 Å². The molecule has 0 bridgehead atoms. The predicted octanol–water partition coefficient (Wildman–Crippen LogP) is 4.26. The highest BCUT2D eigenvalue weighted by Crippen LogP contribution is 2.24. The van der Waals surface area contributed by atoms with Gasteiger partial charge in [0, 0.05) is 18.4 Å². The number of fused-ring (bicyclic) bond motifs is 1. The van der Waals surface area contributed by atoms with Crippen LogP contribution in [0.25, 0.3) is 0 Å². The normalized spacial score (nSPS) is 13.9. The zero-order valence-corrected chi connectivity index (χ0v) is 18.5. The second kappa shape index (κ2) is 9.68. The van der Waals surface area contributed by atoms with Gasteiger partial charge in [0.15, 0.2) is 0 Å². The highest BCUT2D eigenvalue weighted by atomic mass is 35.5. The van der Waals surface area contributed by atoms with Gasteiger partial charge in [0.05, 0.1) is 29.9 Å². The number of hydrogen-bond donors (Lipinski definition) is 3. The molecule has 0 fully saturated rings. The zero-order chi connectivity index (χ0) is 23.5. The fraction of sp³-hybridized carbons (Fsp3) is 0.261. The van der Waals surface area contributed by atoms with Gasteiger partial charge in [-0.05, 0) is 60.4 Å². The number of rotatable bonds is 5. The van der Waals surface area contributed by atoms with Gasteiger partial charge < -0.3 is 20.6 Å². The molecule has 10 heteroatoms. The molecule has 0 saturated carbocycles. The first-order chi connectivity index (χ1) is 15.8. The zero-order valence-electron chi connectivity index (χ0n) is 17.8. The number of amides is 2. The fourth-order valence-corrected chi connectivity index (χ4v) is 3.75. The van der Waals surface area contributed by atoms with Crippen LogP contribution in [0.4, 0.5) is 25.2 Å². The van der Waals surface area contributed by atoms with Gasteiger partial charge in [-0.15, -0.1) is 0 Å². The van der Waals surface area contributed by atoms with E-state index in [1.165, 1.54) is 24.3 Å². The van der Waals surface area contributed by atoms with E-state index in [1.54, 1.807) is 30.2 Å². The molecule has 33 heavy (non-hydrogen) atoms. The van der Waals surface area contributed by atoms with Crippen LogP contribution in [0, 0.1) is 18.6 Å². The van der Waals surface area contributed by atoms with Crippen LogP contribution in [0.15, 0.2) is 42.6 Å². The maximum absolute atomic E-state index is 13.8. The third kappa shape index (κ3) is 5.20. The maximum Gasteiger partial charge on any atom is 0.318 e. The maximum atomic E-state index is 13.8. The van der Waals surface area contributed by atoms with Crippen LogP contribution >= 0.6 is 11.6 Å². The molecule has 1 aliphatic rings. The lowest BCUT2D eigenvalue weighted by molar-refractivity contribution is 0.176. The Morgan fingerprint density at radius 3 is 2.82 bits per heavy atom. The molecule has 2 heterocycles. The number of anilines is 2. The van der Waals surface area contributed by atoms with Crippen LogP contribution in [0.3, 0.4) is 0 Å².